The Bertz CT molecular complexity index is 771. The summed E-state index contributed by atoms with van der Waals surface area (Å²) >= 11 is 0. The van der Waals surface area contributed by atoms with Crippen molar-refractivity contribution >= 4 is 5.97 Å². The van der Waals surface area contributed by atoms with E-state index >= 15 is 0 Å². The molecule has 0 heterocycles. The first-order valence-electron chi connectivity index (χ1n) is 9.97. The minimum atomic E-state index is -4.58. The molecule has 0 radical (unpaired) electrons. The number of esters is 1. The molecule has 0 fully saturated rings. The molecule has 0 amide bonds. The van der Waals surface area contributed by atoms with Crippen molar-refractivity contribution in [3.05, 3.63) is 54.1 Å². The van der Waals surface area contributed by atoms with Crippen molar-refractivity contribution in [3.63, 3.8) is 0 Å². The molecule has 0 saturated carbocycles. The number of benzene rings is 2. The van der Waals surface area contributed by atoms with Gasteiger partial charge in [-0.2, -0.15) is 13.2 Å². The van der Waals surface area contributed by atoms with Crippen LogP contribution in [0, 0.1) is 0 Å². The maximum atomic E-state index is 13.5. The van der Waals surface area contributed by atoms with Gasteiger partial charge in [-0.25, -0.2) is 0 Å². The van der Waals surface area contributed by atoms with E-state index in [2.05, 4.69) is 6.92 Å². The number of hydrogen-bond acceptors (Lipinski definition) is 4. The second-order valence-electron chi connectivity index (χ2n) is 6.93. The molecule has 0 aliphatic heterocycles. The first-order chi connectivity index (χ1) is 14.3. The fourth-order valence-corrected chi connectivity index (χ4v) is 2.92. The van der Waals surface area contributed by atoms with E-state index in [9.17, 15) is 18.0 Å². The van der Waals surface area contributed by atoms with Crippen LogP contribution in [0.2, 0.25) is 0 Å². The maximum Gasteiger partial charge on any atom is 0.396 e. The van der Waals surface area contributed by atoms with E-state index in [1.807, 2.05) is 0 Å². The first-order valence-corrected chi connectivity index (χ1v) is 9.97. The number of methoxy groups -OCH3 is 1. The zero-order valence-electron chi connectivity index (χ0n) is 17.2. The van der Waals surface area contributed by atoms with Crippen LogP contribution in [0.25, 0.3) is 0 Å². The smallest absolute Gasteiger partial charge is 0.396 e. The molecule has 0 N–H and O–H groups in total. The van der Waals surface area contributed by atoms with E-state index < -0.39 is 24.5 Å². The van der Waals surface area contributed by atoms with Crippen LogP contribution in [0.15, 0.2) is 48.5 Å². The normalized spacial score (nSPS) is 12.3. The second kappa shape index (κ2) is 11.5. The Morgan fingerprint density at radius 2 is 1.50 bits per heavy atom. The van der Waals surface area contributed by atoms with Crippen LogP contribution in [0.3, 0.4) is 0 Å². The Labute approximate surface area is 175 Å². The Morgan fingerprint density at radius 1 is 0.900 bits per heavy atom. The Hall–Kier alpha value is -2.70. The molecule has 1 atom stereocenters. The third-order valence-electron chi connectivity index (χ3n) is 4.61. The summed E-state index contributed by atoms with van der Waals surface area (Å²) < 4.78 is 56.1. The highest BCUT2D eigenvalue weighted by Crippen LogP contribution is 2.38. The standard InChI is InChI=1S/C23H27F3O4/c1-3-4-5-6-15-29-19-11-13-20(14-12-19)30-22(27)16-21(23(24,25)26)17-7-9-18(28-2)10-8-17/h7-14,21H,3-6,15-16H2,1-2H3/t21-/m0/s1. The van der Waals surface area contributed by atoms with Crippen LogP contribution in [0.5, 0.6) is 17.2 Å². The molecular weight excluding hydrogens is 397 g/mol. The molecule has 0 aliphatic rings. The average Bonchev–Trinajstić information content (AvgIpc) is 2.72. The summed E-state index contributed by atoms with van der Waals surface area (Å²) in [5.41, 5.74) is -0.0212. The largest absolute Gasteiger partial charge is 0.497 e. The summed E-state index contributed by atoms with van der Waals surface area (Å²) in [6.45, 7) is 2.73. The van der Waals surface area contributed by atoms with Gasteiger partial charge < -0.3 is 14.2 Å². The molecule has 0 spiro atoms. The molecule has 30 heavy (non-hydrogen) atoms. The highest BCUT2D eigenvalue weighted by Gasteiger charge is 2.42. The SMILES string of the molecule is CCCCCCOc1ccc(OC(=O)C[C@@H](c2ccc(OC)cc2)C(F)(F)F)cc1. The number of carbonyl (C=O) groups excluding carboxylic acids is 1. The molecule has 0 bridgehead atoms. The highest BCUT2D eigenvalue weighted by molar-refractivity contribution is 5.73. The lowest BCUT2D eigenvalue weighted by molar-refractivity contribution is -0.162. The van der Waals surface area contributed by atoms with E-state index in [-0.39, 0.29) is 11.3 Å². The molecular formula is C23H27F3O4. The van der Waals surface area contributed by atoms with Gasteiger partial charge in [0.15, 0.2) is 0 Å². The monoisotopic (exact) mass is 424 g/mol. The van der Waals surface area contributed by atoms with E-state index in [0.29, 0.717) is 18.1 Å². The number of carbonyl (C=O) groups is 1. The van der Waals surface area contributed by atoms with E-state index in [4.69, 9.17) is 14.2 Å². The summed E-state index contributed by atoms with van der Waals surface area (Å²) in [7, 11) is 1.43. The van der Waals surface area contributed by atoms with E-state index in [1.165, 1.54) is 43.5 Å². The Balaban J connectivity index is 1.93. The fourth-order valence-electron chi connectivity index (χ4n) is 2.92. The molecule has 0 saturated heterocycles. The highest BCUT2D eigenvalue weighted by atomic mass is 19.4. The second-order valence-corrected chi connectivity index (χ2v) is 6.93. The number of ether oxygens (including phenoxy) is 3. The van der Waals surface area contributed by atoms with Crippen LogP contribution in [-0.4, -0.2) is 25.9 Å². The zero-order valence-corrected chi connectivity index (χ0v) is 17.2. The number of halogens is 3. The summed E-state index contributed by atoms with van der Waals surface area (Å²) in [5, 5.41) is 0. The lowest BCUT2D eigenvalue weighted by Crippen LogP contribution is -2.25. The van der Waals surface area contributed by atoms with Crippen molar-refractivity contribution in [1.29, 1.82) is 0 Å². The van der Waals surface area contributed by atoms with Gasteiger partial charge >= 0.3 is 12.1 Å². The number of rotatable bonds is 11. The summed E-state index contributed by atoms with van der Waals surface area (Å²) in [6, 6.07) is 11.7. The third-order valence-corrected chi connectivity index (χ3v) is 4.61. The van der Waals surface area contributed by atoms with Crippen molar-refractivity contribution in [2.24, 2.45) is 0 Å². The quantitative estimate of drug-likeness (QED) is 0.241. The lowest BCUT2D eigenvalue weighted by atomic mass is 9.95. The van der Waals surface area contributed by atoms with Gasteiger partial charge in [0.1, 0.15) is 17.2 Å². The molecule has 4 nitrogen and oxygen atoms in total. The van der Waals surface area contributed by atoms with Gasteiger partial charge in [0, 0.05) is 0 Å². The van der Waals surface area contributed by atoms with Crippen LogP contribution in [-0.2, 0) is 4.79 Å². The molecule has 164 valence electrons. The van der Waals surface area contributed by atoms with Crippen molar-refractivity contribution in [1.82, 2.24) is 0 Å². The molecule has 0 aromatic heterocycles. The molecule has 2 aromatic carbocycles. The predicted octanol–water partition coefficient (Wildman–Crippen LogP) is 6.30. The van der Waals surface area contributed by atoms with Gasteiger partial charge in [-0.05, 0) is 48.4 Å². The molecule has 2 aromatic rings. The average molecular weight is 424 g/mol. The maximum absolute atomic E-state index is 13.5. The van der Waals surface area contributed by atoms with Crippen LogP contribution in [0.1, 0.15) is 50.5 Å². The number of hydrogen-bond donors (Lipinski definition) is 0. The molecule has 0 unspecified atom stereocenters. The van der Waals surface area contributed by atoms with Crippen molar-refractivity contribution < 1.29 is 32.2 Å². The summed E-state index contributed by atoms with van der Waals surface area (Å²) in [6.07, 6.45) is -1.04. The van der Waals surface area contributed by atoms with Crippen LogP contribution in [0.4, 0.5) is 13.2 Å². The van der Waals surface area contributed by atoms with Gasteiger partial charge in [-0.3, -0.25) is 4.79 Å². The molecule has 7 heteroatoms. The van der Waals surface area contributed by atoms with Crippen molar-refractivity contribution in [2.45, 2.75) is 51.1 Å². The van der Waals surface area contributed by atoms with Crippen molar-refractivity contribution in [3.8, 4) is 17.2 Å². The third kappa shape index (κ3) is 7.61. The first kappa shape index (κ1) is 23.6. The Kier molecular flexibility index (Phi) is 9.02. The van der Waals surface area contributed by atoms with Crippen LogP contribution >= 0.6 is 0 Å². The topological polar surface area (TPSA) is 44.8 Å². The van der Waals surface area contributed by atoms with Gasteiger partial charge in [-0.1, -0.05) is 38.3 Å². The fraction of sp³-hybridized carbons (Fsp3) is 0.435. The molecule has 0 aliphatic carbocycles. The zero-order chi connectivity index (χ0) is 22.0. The van der Waals surface area contributed by atoms with E-state index in [1.54, 1.807) is 12.1 Å². The summed E-state index contributed by atoms with van der Waals surface area (Å²) in [4.78, 5) is 12.1. The number of alkyl halides is 3. The Morgan fingerprint density at radius 3 is 2.07 bits per heavy atom. The van der Waals surface area contributed by atoms with Crippen LogP contribution < -0.4 is 14.2 Å². The van der Waals surface area contributed by atoms with Gasteiger partial charge in [0.25, 0.3) is 0 Å². The minimum absolute atomic E-state index is 0.0212. The number of unbranched alkanes of at least 4 members (excludes halogenated alkanes) is 3. The molecule has 2 rings (SSSR count). The lowest BCUT2D eigenvalue weighted by Gasteiger charge is -2.20. The van der Waals surface area contributed by atoms with Gasteiger partial charge in [0.05, 0.1) is 26.1 Å². The van der Waals surface area contributed by atoms with E-state index in [0.717, 1.165) is 25.7 Å². The minimum Gasteiger partial charge on any atom is -0.497 e. The summed E-state index contributed by atoms with van der Waals surface area (Å²) in [5.74, 6) is -1.68. The van der Waals surface area contributed by atoms with Gasteiger partial charge in [0.2, 0.25) is 0 Å². The van der Waals surface area contributed by atoms with Gasteiger partial charge in [-0.15, -0.1) is 0 Å². The predicted molar refractivity (Wildman–Crippen MR) is 108 cm³/mol. The van der Waals surface area contributed by atoms with Crippen molar-refractivity contribution in [2.75, 3.05) is 13.7 Å².